The number of piperidine rings is 1. The maximum Gasteiger partial charge on any atom is 0.416 e. The minimum absolute atomic E-state index is 0.0257. The number of hydrogen-bond donors (Lipinski definition) is 2. The van der Waals surface area contributed by atoms with Crippen LogP contribution in [0.1, 0.15) is 29.7 Å². The van der Waals surface area contributed by atoms with Crippen molar-refractivity contribution in [3.05, 3.63) is 77.6 Å². The Kier molecular flexibility index (Phi) is 8.05. The number of primary sulfonamides is 1. The third kappa shape index (κ3) is 6.88. The van der Waals surface area contributed by atoms with Gasteiger partial charge in [-0.15, -0.1) is 0 Å². The van der Waals surface area contributed by atoms with Gasteiger partial charge in [0.05, 0.1) is 28.9 Å². The SMILES string of the molecule is Cc1ccc(S(N)(=O)=O)c(-c2ccc(COC3CCN(C(=O)Nc4cccc(C(F)(F)F)c4)CC3)nc2)c1. The van der Waals surface area contributed by atoms with Crippen LogP contribution in [0.4, 0.5) is 23.7 Å². The number of amides is 2. The molecule has 1 fully saturated rings. The smallest absolute Gasteiger partial charge is 0.372 e. The van der Waals surface area contributed by atoms with Crippen LogP contribution >= 0.6 is 0 Å². The number of urea groups is 1. The Bertz CT molecular complexity index is 1400. The van der Waals surface area contributed by atoms with Crippen LogP contribution in [0.3, 0.4) is 0 Å². The molecule has 1 aromatic heterocycles. The lowest BCUT2D eigenvalue weighted by atomic mass is 10.0. The maximum absolute atomic E-state index is 12.9. The largest absolute Gasteiger partial charge is 0.416 e. The topological polar surface area (TPSA) is 115 Å². The molecule has 2 heterocycles. The second kappa shape index (κ2) is 11.1. The van der Waals surface area contributed by atoms with Crippen LogP contribution < -0.4 is 10.5 Å². The van der Waals surface area contributed by atoms with Gasteiger partial charge in [-0.3, -0.25) is 4.98 Å². The lowest BCUT2D eigenvalue weighted by Crippen LogP contribution is -2.43. The van der Waals surface area contributed by atoms with Gasteiger partial charge < -0.3 is 15.0 Å². The fourth-order valence-corrected chi connectivity index (χ4v) is 4.93. The Morgan fingerprint density at radius 3 is 2.50 bits per heavy atom. The number of anilines is 1. The standard InChI is InChI=1S/C26H27F3N4O4S/c1-17-5-8-24(38(30,35)36)23(13-17)18-6-7-21(31-15-18)16-37-22-9-11-33(12-10-22)25(34)32-20-4-2-3-19(14-20)26(27,28)29/h2-8,13-15,22H,9-12,16H2,1H3,(H,32,34)(H2,30,35,36). The average Bonchev–Trinajstić information content (AvgIpc) is 2.87. The van der Waals surface area contributed by atoms with Crippen molar-refractivity contribution in [2.45, 2.75) is 43.5 Å². The summed E-state index contributed by atoms with van der Waals surface area (Å²) in [5.41, 5.74) is 1.88. The van der Waals surface area contributed by atoms with Crippen molar-refractivity contribution >= 4 is 21.7 Å². The van der Waals surface area contributed by atoms with Crippen LogP contribution in [-0.4, -0.2) is 43.5 Å². The summed E-state index contributed by atoms with van der Waals surface area (Å²) in [6.45, 7) is 2.88. The van der Waals surface area contributed by atoms with E-state index in [4.69, 9.17) is 9.88 Å². The third-order valence-electron chi connectivity index (χ3n) is 6.21. The van der Waals surface area contributed by atoms with Crippen molar-refractivity contribution < 1.29 is 31.1 Å². The number of aromatic nitrogens is 1. The summed E-state index contributed by atoms with van der Waals surface area (Å²) in [6.07, 6.45) is -1.90. The molecule has 1 saturated heterocycles. The summed E-state index contributed by atoms with van der Waals surface area (Å²) in [5, 5.41) is 7.88. The van der Waals surface area contributed by atoms with Crippen LogP contribution in [0.25, 0.3) is 11.1 Å². The number of benzene rings is 2. The van der Waals surface area contributed by atoms with E-state index < -0.39 is 27.8 Å². The van der Waals surface area contributed by atoms with E-state index in [1.165, 1.54) is 23.1 Å². The van der Waals surface area contributed by atoms with Gasteiger partial charge in [-0.05, 0) is 50.1 Å². The highest BCUT2D eigenvalue weighted by atomic mass is 32.2. The first kappa shape index (κ1) is 27.6. The number of nitrogens with zero attached hydrogens (tertiary/aromatic N) is 2. The zero-order chi connectivity index (χ0) is 27.5. The number of hydrogen-bond acceptors (Lipinski definition) is 5. The van der Waals surface area contributed by atoms with E-state index in [0.29, 0.717) is 42.8 Å². The van der Waals surface area contributed by atoms with Crippen LogP contribution in [-0.2, 0) is 27.5 Å². The zero-order valence-electron chi connectivity index (χ0n) is 20.5. The highest BCUT2D eigenvalue weighted by Crippen LogP contribution is 2.31. The molecule has 8 nitrogen and oxygen atoms in total. The summed E-state index contributed by atoms with van der Waals surface area (Å²) < 4.78 is 68.6. The molecule has 0 unspecified atom stereocenters. The molecule has 2 amide bonds. The highest BCUT2D eigenvalue weighted by Gasteiger charge is 2.31. The normalized spacial score (nSPS) is 14.9. The predicted octanol–water partition coefficient (Wildman–Crippen LogP) is 4.94. The molecule has 202 valence electrons. The Hall–Kier alpha value is -3.48. The molecule has 0 aliphatic carbocycles. The van der Waals surface area contributed by atoms with Gasteiger partial charge in [-0.25, -0.2) is 18.4 Å². The van der Waals surface area contributed by atoms with Crippen LogP contribution in [0, 0.1) is 6.92 Å². The van der Waals surface area contributed by atoms with Crippen LogP contribution in [0.15, 0.2) is 65.7 Å². The van der Waals surface area contributed by atoms with Gasteiger partial charge in [0, 0.05) is 36.1 Å². The number of alkyl halides is 3. The van der Waals surface area contributed by atoms with Crippen molar-refractivity contribution in [2.24, 2.45) is 5.14 Å². The van der Waals surface area contributed by atoms with Crippen molar-refractivity contribution in [3.63, 3.8) is 0 Å². The number of likely N-dealkylation sites (tertiary alicyclic amines) is 1. The van der Waals surface area contributed by atoms with Gasteiger partial charge in [-0.1, -0.05) is 29.8 Å². The van der Waals surface area contributed by atoms with E-state index >= 15 is 0 Å². The number of nitrogens with one attached hydrogen (secondary N) is 1. The van der Waals surface area contributed by atoms with Gasteiger partial charge in [0.15, 0.2) is 0 Å². The zero-order valence-corrected chi connectivity index (χ0v) is 21.3. The summed E-state index contributed by atoms with van der Waals surface area (Å²) in [7, 11) is -3.90. The van der Waals surface area contributed by atoms with Crippen molar-refractivity contribution in [2.75, 3.05) is 18.4 Å². The summed E-state index contributed by atoms with van der Waals surface area (Å²) >= 11 is 0. The van der Waals surface area contributed by atoms with Gasteiger partial charge in [0.2, 0.25) is 10.0 Å². The molecular formula is C26H27F3N4O4S. The first-order chi connectivity index (χ1) is 17.9. The summed E-state index contributed by atoms with van der Waals surface area (Å²) in [5.74, 6) is 0. The van der Waals surface area contributed by atoms with Crippen molar-refractivity contribution in [1.82, 2.24) is 9.88 Å². The lowest BCUT2D eigenvalue weighted by Gasteiger charge is -2.32. The van der Waals surface area contributed by atoms with Crippen LogP contribution in [0.5, 0.6) is 0 Å². The third-order valence-corrected chi connectivity index (χ3v) is 7.18. The van der Waals surface area contributed by atoms with Crippen molar-refractivity contribution in [3.8, 4) is 11.1 Å². The Morgan fingerprint density at radius 1 is 1.13 bits per heavy atom. The number of sulfonamides is 1. The number of ether oxygens (including phenoxy) is 1. The van der Waals surface area contributed by atoms with E-state index in [-0.39, 0.29) is 23.3 Å². The Morgan fingerprint density at radius 2 is 1.87 bits per heavy atom. The molecule has 0 saturated carbocycles. The molecule has 1 aliphatic heterocycles. The monoisotopic (exact) mass is 548 g/mol. The number of carbonyl (C=O) groups is 1. The first-order valence-electron chi connectivity index (χ1n) is 11.8. The number of rotatable bonds is 6. The molecule has 38 heavy (non-hydrogen) atoms. The molecule has 3 N–H and O–H groups in total. The Balaban J connectivity index is 1.29. The Labute approximate surface area is 218 Å². The molecule has 1 aliphatic rings. The molecule has 2 aromatic carbocycles. The summed E-state index contributed by atoms with van der Waals surface area (Å²) in [6, 6.07) is 12.5. The fourth-order valence-electron chi connectivity index (χ4n) is 4.19. The quantitative estimate of drug-likeness (QED) is 0.453. The molecule has 4 rings (SSSR count). The molecule has 0 bridgehead atoms. The number of aryl methyl sites for hydroxylation is 1. The highest BCUT2D eigenvalue weighted by molar-refractivity contribution is 7.89. The van der Waals surface area contributed by atoms with Gasteiger partial charge in [-0.2, -0.15) is 13.2 Å². The number of pyridine rings is 1. The molecule has 12 heteroatoms. The number of nitrogens with two attached hydrogens (primary N) is 1. The lowest BCUT2D eigenvalue weighted by molar-refractivity contribution is -0.137. The molecular weight excluding hydrogens is 521 g/mol. The van der Waals surface area contributed by atoms with E-state index in [9.17, 15) is 26.4 Å². The molecule has 0 spiro atoms. The van der Waals surface area contributed by atoms with Gasteiger partial charge >= 0.3 is 12.2 Å². The average molecular weight is 549 g/mol. The second-order valence-electron chi connectivity index (χ2n) is 9.09. The maximum atomic E-state index is 12.9. The van der Waals surface area contributed by atoms with E-state index in [0.717, 1.165) is 17.7 Å². The minimum atomic E-state index is -4.49. The molecule has 0 atom stereocenters. The van der Waals surface area contributed by atoms with Gasteiger partial charge in [0.1, 0.15) is 0 Å². The van der Waals surface area contributed by atoms with Gasteiger partial charge in [0.25, 0.3) is 0 Å². The summed E-state index contributed by atoms with van der Waals surface area (Å²) in [4.78, 5) is 18.5. The minimum Gasteiger partial charge on any atom is -0.372 e. The molecule has 0 radical (unpaired) electrons. The second-order valence-corrected chi connectivity index (χ2v) is 10.6. The number of halogens is 3. The first-order valence-corrected chi connectivity index (χ1v) is 13.4. The fraction of sp³-hybridized carbons (Fsp3) is 0.308. The molecule has 3 aromatic rings. The van der Waals surface area contributed by atoms with E-state index in [2.05, 4.69) is 10.3 Å². The predicted molar refractivity (Wildman–Crippen MR) is 136 cm³/mol. The van der Waals surface area contributed by atoms with E-state index in [1.807, 2.05) is 6.92 Å². The number of carbonyl (C=O) groups excluding carboxylic acids is 1. The van der Waals surface area contributed by atoms with E-state index in [1.54, 1.807) is 30.5 Å². The van der Waals surface area contributed by atoms with Crippen molar-refractivity contribution in [1.29, 1.82) is 0 Å². The van der Waals surface area contributed by atoms with Crippen LogP contribution in [0.2, 0.25) is 0 Å².